The Morgan fingerprint density at radius 2 is 0.705 bits per heavy atom. The lowest BCUT2D eigenvalue weighted by atomic mass is 9.96. The standard InChI is InChI=1S/C100H183N27O19/c1-22-24-25-26-27-28-29-30-31-32-33-34-35-46-80(131)111-65(17)87(134)124-84(63(15)23-2)98(145)123-82(60(9)10)95(142)117-73(44-39-50-109-100(104)105)99(146)127-51-40-45-79(127)125-126-83(61(11)12)97(144)113-67(19)86(133)118-76(54-64(16)129)92(139)112-66(18)85(132)114-70(42-37-48-107-68(20)101)89(136)119-74(52-57(3)4)93(140)115-71(41-36-47-106-62(13)14)90(137)120-75(53-58(5)6)94(141)116-72(43-38-49-108-69(21)102)91(138)122-81(59(7)8)96(143)121-77(56-128)88(135)110-55-78(103)130/h57-61,63,65-67,70-77,79,81-84,125-126,128H,22-56H2,1-21H3,(H2,101,107)(H2,102,108)(H2,103,130)(H,110,135)(H,111,131)(H,112,139)(H,113,144)(H,114,132)(H,115,140)(H,116,141)(H,117,142)(H,118,133)(H,119,136)(H,120,137)(H,121,143)(H,122,138)(H,123,145)(H,124,134)(H4,104,105,109). The predicted octanol–water partition coefficient (Wildman–Crippen LogP) is 1.03. The third kappa shape index (κ3) is 55.3. The van der Waals surface area contributed by atoms with Gasteiger partial charge in [-0.25, -0.2) is 10.9 Å². The summed E-state index contributed by atoms with van der Waals surface area (Å²) in [6, 6.07) is -20.0. The molecule has 1 fully saturated rings. The van der Waals surface area contributed by atoms with Gasteiger partial charge in [0.25, 0.3) is 0 Å². The van der Waals surface area contributed by atoms with Crippen LogP contribution in [0.1, 0.15) is 325 Å². The number of aliphatic imine (C=N–C) groups is 4. The molecule has 0 spiro atoms. The Labute approximate surface area is 864 Å². The first-order valence-electron chi connectivity index (χ1n) is 52.5. The van der Waals surface area contributed by atoms with Gasteiger partial charge in [-0.15, -0.1) is 0 Å². The number of guanidine groups is 1. The van der Waals surface area contributed by atoms with Crippen molar-refractivity contribution in [2.75, 3.05) is 45.9 Å². The highest BCUT2D eigenvalue weighted by atomic mass is 16.3. The number of amidine groups is 2. The fourth-order valence-electron chi connectivity index (χ4n) is 15.9. The van der Waals surface area contributed by atoms with Crippen LogP contribution in [-0.2, 0) is 86.3 Å². The first kappa shape index (κ1) is 132. The van der Waals surface area contributed by atoms with Crippen molar-refractivity contribution in [3.8, 4) is 0 Å². The molecule has 17 amide bonds. The number of hydrazine groups is 1. The monoisotopic (exact) mass is 2070 g/mol. The fraction of sp³-hybridized carbons (Fsp3) is 0.780. The van der Waals surface area contributed by atoms with E-state index in [1.165, 1.54) is 76.5 Å². The summed E-state index contributed by atoms with van der Waals surface area (Å²) in [7, 11) is 0. The smallest absolute Gasteiger partial charge is 0.246 e. The van der Waals surface area contributed by atoms with Crippen molar-refractivity contribution in [2.24, 2.45) is 84.1 Å². The summed E-state index contributed by atoms with van der Waals surface area (Å²) in [5, 5.41) is 49.8. The van der Waals surface area contributed by atoms with Crippen LogP contribution in [0.2, 0.25) is 0 Å². The van der Waals surface area contributed by atoms with Crippen LogP contribution in [0.5, 0.6) is 0 Å². The van der Waals surface area contributed by atoms with Crippen LogP contribution in [0.25, 0.3) is 0 Å². The third-order valence-electron chi connectivity index (χ3n) is 24.6. The largest absolute Gasteiger partial charge is 0.394 e. The van der Waals surface area contributed by atoms with Gasteiger partial charge in [-0.1, -0.05) is 173 Å². The minimum absolute atomic E-state index is 0.00425. The van der Waals surface area contributed by atoms with Gasteiger partial charge in [-0.05, 0) is 174 Å². The maximum absolute atomic E-state index is 14.9. The maximum atomic E-state index is 14.9. The first-order chi connectivity index (χ1) is 68.7. The Morgan fingerprint density at radius 1 is 0.356 bits per heavy atom. The highest BCUT2D eigenvalue weighted by Gasteiger charge is 2.42. The second-order valence-corrected chi connectivity index (χ2v) is 40.5. The number of ketones is 1. The number of nitrogens with two attached hydrogens (primary N) is 5. The van der Waals surface area contributed by atoms with Gasteiger partial charge in [0.2, 0.25) is 100 Å². The number of nitrogens with one attached hydrogen (secondary N) is 17. The summed E-state index contributed by atoms with van der Waals surface area (Å²) in [5.74, 6) is -16.2. The number of hydrogen-bond acceptors (Lipinski definition) is 25. The van der Waals surface area contributed by atoms with Gasteiger partial charge in [0, 0.05) is 51.3 Å². The molecule has 0 aliphatic carbocycles. The average Bonchev–Trinajstić information content (AvgIpc) is 1.59. The van der Waals surface area contributed by atoms with E-state index < -0.39 is 240 Å². The van der Waals surface area contributed by atoms with Crippen molar-refractivity contribution in [1.82, 2.24) is 95.5 Å². The van der Waals surface area contributed by atoms with Crippen molar-refractivity contribution in [3.05, 3.63) is 0 Å². The number of nitrogens with zero attached hydrogens (tertiary/aromatic N) is 5. The van der Waals surface area contributed by atoms with Crippen LogP contribution in [0.4, 0.5) is 0 Å². The number of primary amides is 1. The zero-order valence-electron chi connectivity index (χ0n) is 90.9. The molecule has 1 rings (SSSR count). The molecule has 1 heterocycles. The molecule has 17 unspecified atom stereocenters. The molecule has 832 valence electrons. The Bertz CT molecular complexity index is 4240. The molecule has 146 heavy (non-hydrogen) atoms. The number of carbonyl (C=O) groups excluding carboxylic acids is 18. The van der Waals surface area contributed by atoms with Crippen molar-refractivity contribution in [2.45, 2.75) is 422 Å². The van der Waals surface area contributed by atoms with Crippen LogP contribution in [0.3, 0.4) is 0 Å². The van der Waals surface area contributed by atoms with Gasteiger partial charge >= 0.3 is 0 Å². The molecular weight excluding hydrogens is 1880 g/mol. The summed E-state index contributed by atoms with van der Waals surface area (Å²) in [4.78, 5) is 270. The Balaban J connectivity index is 3.53. The normalized spacial score (nSPS) is 16.0. The molecule has 17 atom stereocenters. The molecule has 1 aliphatic heterocycles. The lowest BCUT2D eigenvalue weighted by molar-refractivity contribution is -0.140. The molecule has 0 radical (unpaired) electrons. The number of Topliss-reactive ketones (excluding diaryl/α,β-unsaturated/α-hetero) is 1. The molecular formula is C100H183N27O19. The highest BCUT2D eigenvalue weighted by Crippen LogP contribution is 2.22. The highest BCUT2D eigenvalue weighted by molar-refractivity contribution is 6.01. The summed E-state index contributed by atoms with van der Waals surface area (Å²) in [5.41, 5.74) is 35.0. The summed E-state index contributed by atoms with van der Waals surface area (Å²) in [6.45, 7) is 34.2. The zero-order valence-corrected chi connectivity index (χ0v) is 90.9. The number of likely N-dealkylation sites (tertiary alicyclic amines) is 1. The Hall–Kier alpha value is -11.6. The van der Waals surface area contributed by atoms with Crippen molar-refractivity contribution in [1.29, 1.82) is 0 Å². The van der Waals surface area contributed by atoms with E-state index in [2.05, 4.69) is 117 Å². The number of carbonyl (C=O) groups is 18. The molecule has 46 nitrogen and oxygen atoms in total. The minimum atomic E-state index is -1.63. The van der Waals surface area contributed by atoms with Gasteiger partial charge < -0.3 is 118 Å². The predicted molar refractivity (Wildman–Crippen MR) is 562 cm³/mol. The van der Waals surface area contributed by atoms with Crippen LogP contribution in [0, 0.1) is 35.5 Å². The molecule has 0 aromatic carbocycles. The van der Waals surface area contributed by atoms with Crippen LogP contribution < -0.4 is 119 Å². The Kier molecular flexibility index (Phi) is 65.9. The van der Waals surface area contributed by atoms with E-state index in [1.807, 2.05) is 6.92 Å². The van der Waals surface area contributed by atoms with Crippen LogP contribution in [-0.4, -0.2) is 282 Å². The quantitative estimate of drug-likeness (QED) is 0.0175. The summed E-state index contributed by atoms with van der Waals surface area (Å²) in [6.07, 6.45) is 15.8. The molecule has 1 aliphatic rings. The van der Waals surface area contributed by atoms with E-state index in [1.54, 1.807) is 111 Å². The first-order valence-corrected chi connectivity index (χ1v) is 52.5. The third-order valence-corrected chi connectivity index (χ3v) is 24.6. The average molecular weight is 2070 g/mol. The lowest BCUT2D eigenvalue weighted by Gasteiger charge is -2.33. The van der Waals surface area contributed by atoms with Gasteiger partial charge in [-0.3, -0.25) is 106 Å². The summed E-state index contributed by atoms with van der Waals surface area (Å²) >= 11 is 0. The zero-order chi connectivity index (χ0) is 111. The van der Waals surface area contributed by atoms with Crippen molar-refractivity contribution in [3.63, 3.8) is 0 Å². The number of hydrogen-bond donors (Lipinski definition) is 23. The maximum Gasteiger partial charge on any atom is 0.246 e. The van der Waals surface area contributed by atoms with Gasteiger partial charge in [0.05, 0.1) is 31.0 Å². The number of aliphatic hydroxyl groups is 1. The minimum Gasteiger partial charge on any atom is -0.394 e. The molecule has 1 saturated heterocycles. The molecule has 0 aromatic heterocycles. The van der Waals surface area contributed by atoms with E-state index in [-0.39, 0.29) is 139 Å². The molecule has 28 N–H and O–H groups in total. The van der Waals surface area contributed by atoms with Gasteiger partial charge in [0.1, 0.15) is 96.4 Å². The number of amides is 17. The van der Waals surface area contributed by atoms with E-state index >= 15 is 0 Å². The SMILES string of the molecule is CCCCCCCCCCCCCCCC(=O)NC(C)C(=O)NC(C(=O)NC(C(=O)NC(CCCN=C(N)N)C(=O)N1CCCC1NNC(C(=O)NC(C)C(=O)NC(CC(C)=O)C(=O)NC(C)C(=O)NC(CCCN=C(C)N)C(=O)NC(CC(C)C)C(=O)NC(CCCN=C(C)C)C(=O)NC(CC(C)C)C(=O)NC(CCCN=C(C)N)C(=O)NC(C(=O)NC(CO)C(=O)NCC(N)=O)C(C)C)C(C)C)C(C)C)C(C)CC. The lowest BCUT2D eigenvalue weighted by Crippen LogP contribution is -2.63. The van der Waals surface area contributed by atoms with E-state index in [0.29, 0.717) is 25.7 Å². The second kappa shape index (κ2) is 72.7. The van der Waals surface area contributed by atoms with E-state index in [9.17, 15) is 91.4 Å². The van der Waals surface area contributed by atoms with E-state index in [0.717, 1.165) is 31.9 Å². The van der Waals surface area contributed by atoms with Gasteiger partial charge in [0.15, 0.2) is 5.96 Å². The van der Waals surface area contributed by atoms with Gasteiger partial charge in [-0.2, -0.15) is 0 Å². The fourth-order valence-corrected chi connectivity index (χ4v) is 15.9. The molecule has 0 saturated carbocycles. The molecule has 46 heteroatoms. The van der Waals surface area contributed by atoms with Crippen LogP contribution in [0.15, 0.2) is 20.0 Å². The topological polar surface area (TPSA) is 715 Å². The second-order valence-electron chi connectivity index (χ2n) is 40.5. The number of aliphatic hydroxyl groups excluding tert-OH is 1. The molecule has 0 aromatic rings. The number of unbranched alkanes of at least 4 members (excludes halogenated alkanes) is 12. The Morgan fingerprint density at radius 3 is 1.12 bits per heavy atom. The van der Waals surface area contributed by atoms with Crippen molar-refractivity contribution >= 4 is 130 Å². The summed E-state index contributed by atoms with van der Waals surface area (Å²) < 4.78 is 0. The van der Waals surface area contributed by atoms with Crippen molar-refractivity contribution < 1.29 is 91.4 Å². The molecule has 0 bridgehead atoms. The van der Waals surface area contributed by atoms with Crippen LogP contribution >= 0.6 is 0 Å². The van der Waals surface area contributed by atoms with E-state index in [4.69, 9.17) is 28.7 Å². The number of rotatable bonds is 76.